The van der Waals surface area contributed by atoms with Crippen LogP contribution in [0.5, 0.6) is 0 Å². The highest BCUT2D eigenvalue weighted by molar-refractivity contribution is 5.89. The lowest BCUT2D eigenvalue weighted by molar-refractivity contribution is -0.129. The fraction of sp³-hybridized carbons (Fsp3) is 0.538. The molecular weight excluding hydrogens is 230 g/mol. The van der Waals surface area contributed by atoms with Gasteiger partial charge in [0.15, 0.2) is 0 Å². The van der Waals surface area contributed by atoms with Gasteiger partial charge in [-0.15, -0.1) is 0 Å². The van der Waals surface area contributed by atoms with E-state index in [9.17, 15) is 9.59 Å². The summed E-state index contributed by atoms with van der Waals surface area (Å²) in [5, 5.41) is 2.89. The summed E-state index contributed by atoms with van der Waals surface area (Å²) in [6, 6.07) is 2.34. The van der Waals surface area contributed by atoms with Gasteiger partial charge in [-0.3, -0.25) is 9.59 Å². The van der Waals surface area contributed by atoms with E-state index in [4.69, 9.17) is 0 Å². The van der Waals surface area contributed by atoms with E-state index < -0.39 is 0 Å². The molecule has 0 bridgehead atoms. The van der Waals surface area contributed by atoms with Crippen molar-refractivity contribution in [1.29, 1.82) is 0 Å². The molecule has 2 N–H and O–H groups in total. The van der Waals surface area contributed by atoms with Gasteiger partial charge < -0.3 is 15.2 Å². The maximum Gasteiger partial charge on any atom is 0.225 e. The van der Waals surface area contributed by atoms with Crippen LogP contribution in [0.25, 0.3) is 0 Å². The van der Waals surface area contributed by atoms with Crippen molar-refractivity contribution < 1.29 is 9.59 Å². The van der Waals surface area contributed by atoms with Crippen molar-refractivity contribution >= 4 is 11.8 Å². The fourth-order valence-corrected chi connectivity index (χ4v) is 2.45. The van der Waals surface area contributed by atoms with E-state index >= 15 is 0 Å². The van der Waals surface area contributed by atoms with E-state index in [1.54, 1.807) is 0 Å². The molecule has 1 aromatic rings. The molecule has 5 heteroatoms. The summed E-state index contributed by atoms with van der Waals surface area (Å²) in [5.41, 5.74) is 1.05. The maximum atomic E-state index is 12.0. The predicted octanol–water partition coefficient (Wildman–Crippen LogP) is 0.642. The van der Waals surface area contributed by atoms with Gasteiger partial charge in [0, 0.05) is 37.9 Å². The molecule has 2 fully saturated rings. The van der Waals surface area contributed by atoms with Gasteiger partial charge >= 0.3 is 0 Å². The Morgan fingerprint density at radius 2 is 2.33 bits per heavy atom. The number of amides is 2. The number of likely N-dealkylation sites (tertiary alicyclic amines) is 1. The molecule has 1 aromatic heterocycles. The molecule has 2 amide bonds. The van der Waals surface area contributed by atoms with Gasteiger partial charge in [-0.25, -0.2) is 0 Å². The third-order valence-corrected chi connectivity index (χ3v) is 3.65. The van der Waals surface area contributed by atoms with Crippen molar-refractivity contribution in [2.24, 2.45) is 5.92 Å². The molecule has 18 heavy (non-hydrogen) atoms. The first-order valence-corrected chi connectivity index (χ1v) is 6.43. The summed E-state index contributed by atoms with van der Waals surface area (Å²) in [4.78, 5) is 28.5. The van der Waals surface area contributed by atoms with Gasteiger partial charge in [-0.2, -0.15) is 0 Å². The topological polar surface area (TPSA) is 65.2 Å². The van der Waals surface area contributed by atoms with E-state index in [0.29, 0.717) is 25.6 Å². The molecule has 0 aromatic carbocycles. The largest absolute Gasteiger partial charge is 0.367 e. The van der Waals surface area contributed by atoms with Gasteiger partial charge in [0.1, 0.15) is 0 Å². The Balaban J connectivity index is 1.52. The summed E-state index contributed by atoms with van der Waals surface area (Å²) in [6.07, 6.45) is 6.26. The number of carbonyl (C=O) groups excluding carboxylic acids is 2. The van der Waals surface area contributed by atoms with E-state index in [1.807, 2.05) is 23.4 Å². The normalized spacial score (nSPS) is 23.4. The van der Waals surface area contributed by atoms with Gasteiger partial charge in [-0.1, -0.05) is 0 Å². The van der Waals surface area contributed by atoms with Crippen LogP contribution >= 0.6 is 0 Å². The summed E-state index contributed by atoms with van der Waals surface area (Å²) >= 11 is 0. The SMILES string of the molecule is O=C(NCc1cc[nH]c1)C1CC(=O)N(C2CC2)C1. The molecule has 5 nitrogen and oxygen atoms in total. The first kappa shape index (κ1) is 11.3. The zero-order valence-corrected chi connectivity index (χ0v) is 10.2. The predicted molar refractivity (Wildman–Crippen MR) is 65.5 cm³/mol. The van der Waals surface area contributed by atoms with Crippen LogP contribution < -0.4 is 5.32 Å². The van der Waals surface area contributed by atoms with Gasteiger partial charge in [0.05, 0.1) is 5.92 Å². The van der Waals surface area contributed by atoms with Crippen LogP contribution in [0, 0.1) is 5.92 Å². The fourth-order valence-electron chi connectivity index (χ4n) is 2.45. The second kappa shape index (κ2) is 4.48. The molecule has 0 radical (unpaired) electrons. The molecule has 96 valence electrons. The lowest BCUT2D eigenvalue weighted by Gasteiger charge is -2.15. The highest BCUT2D eigenvalue weighted by Crippen LogP contribution is 2.32. The smallest absolute Gasteiger partial charge is 0.225 e. The van der Waals surface area contributed by atoms with E-state index in [2.05, 4.69) is 10.3 Å². The summed E-state index contributed by atoms with van der Waals surface area (Å²) in [7, 11) is 0. The average molecular weight is 247 g/mol. The molecule has 1 saturated heterocycles. The minimum atomic E-state index is -0.169. The van der Waals surface area contributed by atoms with Crippen LogP contribution in [-0.2, 0) is 16.1 Å². The molecule has 1 atom stereocenters. The number of aromatic amines is 1. The summed E-state index contributed by atoms with van der Waals surface area (Å²) < 4.78 is 0. The Kier molecular flexibility index (Phi) is 2.81. The third kappa shape index (κ3) is 2.25. The van der Waals surface area contributed by atoms with Crippen LogP contribution in [0.15, 0.2) is 18.5 Å². The van der Waals surface area contributed by atoms with Gasteiger partial charge in [0.25, 0.3) is 0 Å². The Labute approximate surface area is 106 Å². The van der Waals surface area contributed by atoms with Crippen molar-refractivity contribution in [3.05, 3.63) is 24.0 Å². The summed E-state index contributed by atoms with van der Waals surface area (Å²) in [6.45, 7) is 1.12. The number of aromatic nitrogens is 1. The first-order valence-electron chi connectivity index (χ1n) is 6.43. The number of nitrogens with one attached hydrogen (secondary N) is 2. The lowest BCUT2D eigenvalue weighted by atomic mass is 10.1. The molecule has 1 aliphatic heterocycles. The van der Waals surface area contributed by atoms with Crippen LogP contribution in [-0.4, -0.2) is 34.3 Å². The maximum absolute atomic E-state index is 12.0. The first-order chi connectivity index (χ1) is 8.74. The minimum Gasteiger partial charge on any atom is -0.367 e. The number of H-pyrrole nitrogens is 1. The van der Waals surface area contributed by atoms with E-state index in [0.717, 1.165) is 18.4 Å². The molecule has 2 aliphatic rings. The Morgan fingerprint density at radius 1 is 1.50 bits per heavy atom. The number of rotatable bonds is 4. The Bertz CT molecular complexity index is 451. The molecule has 1 unspecified atom stereocenters. The zero-order chi connectivity index (χ0) is 12.5. The van der Waals surface area contributed by atoms with E-state index in [-0.39, 0.29) is 17.7 Å². The standard InChI is InChI=1S/C13H17N3O2/c17-12-5-10(8-16(12)11-1-2-11)13(18)15-7-9-3-4-14-6-9/h3-4,6,10-11,14H,1-2,5,7-8H2,(H,15,18). The zero-order valence-electron chi connectivity index (χ0n) is 10.2. The van der Waals surface area contributed by atoms with Crippen molar-refractivity contribution in [3.63, 3.8) is 0 Å². The van der Waals surface area contributed by atoms with Gasteiger partial charge in [-0.05, 0) is 24.5 Å². The van der Waals surface area contributed by atoms with E-state index in [1.165, 1.54) is 0 Å². The average Bonchev–Trinajstić information content (AvgIpc) is 2.92. The van der Waals surface area contributed by atoms with Crippen LogP contribution in [0.3, 0.4) is 0 Å². The molecule has 3 rings (SSSR count). The highest BCUT2D eigenvalue weighted by Gasteiger charge is 2.41. The third-order valence-electron chi connectivity index (χ3n) is 3.65. The molecule has 2 heterocycles. The van der Waals surface area contributed by atoms with Crippen LogP contribution in [0.4, 0.5) is 0 Å². The Morgan fingerprint density at radius 3 is 3.00 bits per heavy atom. The van der Waals surface area contributed by atoms with Crippen molar-refractivity contribution in [1.82, 2.24) is 15.2 Å². The van der Waals surface area contributed by atoms with Crippen molar-refractivity contribution in [3.8, 4) is 0 Å². The minimum absolute atomic E-state index is 0.00676. The number of carbonyl (C=O) groups is 2. The molecule has 1 aliphatic carbocycles. The second-order valence-electron chi connectivity index (χ2n) is 5.12. The number of hydrogen-bond donors (Lipinski definition) is 2. The monoisotopic (exact) mass is 247 g/mol. The highest BCUT2D eigenvalue weighted by atomic mass is 16.2. The number of hydrogen-bond acceptors (Lipinski definition) is 2. The van der Waals surface area contributed by atoms with Crippen molar-refractivity contribution in [2.45, 2.75) is 31.8 Å². The van der Waals surface area contributed by atoms with Gasteiger partial charge in [0.2, 0.25) is 11.8 Å². The van der Waals surface area contributed by atoms with Crippen molar-refractivity contribution in [2.75, 3.05) is 6.54 Å². The summed E-state index contributed by atoms with van der Waals surface area (Å²) in [5.74, 6) is -0.0379. The Hall–Kier alpha value is -1.78. The quantitative estimate of drug-likeness (QED) is 0.820. The lowest BCUT2D eigenvalue weighted by Crippen LogP contribution is -2.33. The molecule has 1 saturated carbocycles. The second-order valence-corrected chi connectivity index (χ2v) is 5.12. The van der Waals surface area contributed by atoms with Crippen LogP contribution in [0.2, 0.25) is 0 Å². The molecule has 0 spiro atoms. The van der Waals surface area contributed by atoms with Crippen LogP contribution in [0.1, 0.15) is 24.8 Å². The number of nitrogens with zero attached hydrogens (tertiary/aromatic N) is 1. The molecular formula is C13H17N3O2.